The van der Waals surface area contributed by atoms with E-state index < -0.39 is 0 Å². The van der Waals surface area contributed by atoms with E-state index >= 15 is 0 Å². The quantitative estimate of drug-likeness (QED) is 0.570. The number of carbonyl (C=O) groups excluding carboxylic acids is 2. The first-order valence-corrected chi connectivity index (χ1v) is 10.9. The first kappa shape index (κ1) is 21.0. The summed E-state index contributed by atoms with van der Waals surface area (Å²) >= 11 is 0. The molecule has 0 aliphatic carbocycles. The van der Waals surface area contributed by atoms with E-state index in [0.717, 1.165) is 23.4 Å². The van der Waals surface area contributed by atoms with E-state index in [0.29, 0.717) is 42.7 Å². The molecule has 9 nitrogen and oxygen atoms in total. The Labute approximate surface area is 190 Å². The van der Waals surface area contributed by atoms with Crippen LogP contribution in [-0.2, 0) is 9.59 Å². The molecule has 0 unspecified atom stereocenters. The van der Waals surface area contributed by atoms with Gasteiger partial charge in [-0.15, -0.1) is 0 Å². The maximum Gasteiger partial charge on any atom is 0.265 e. The van der Waals surface area contributed by atoms with Crippen LogP contribution in [0.4, 0.5) is 11.4 Å². The second-order valence-electron chi connectivity index (χ2n) is 8.08. The highest BCUT2D eigenvalue weighted by molar-refractivity contribution is 5.98. The SMILES string of the molecule is CCCN1C(=O)COc2ccc(-c3noc([C@H]4CC(=O)N(c5ccc(OC)cc5)C4)n3)cc21. The average molecular weight is 448 g/mol. The highest BCUT2D eigenvalue weighted by Crippen LogP contribution is 2.37. The third kappa shape index (κ3) is 3.90. The second-order valence-corrected chi connectivity index (χ2v) is 8.08. The number of ether oxygens (including phenoxy) is 2. The molecule has 5 rings (SSSR count). The molecule has 0 saturated carbocycles. The molecule has 0 radical (unpaired) electrons. The molecule has 9 heteroatoms. The van der Waals surface area contributed by atoms with Crippen LogP contribution < -0.4 is 19.3 Å². The van der Waals surface area contributed by atoms with E-state index in [2.05, 4.69) is 10.1 Å². The number of aromatic nitrogens is 2. The lowest BCUT2D eigenvalue weighted by atomic mass is 10.1. The number of methoxy groups -OCH3 is 1. The van der Waals surface area contributed by atoms with Crippen LogP contribution in [0.25, 0.3) is 11.4 Å². The van der Waals surface area contributed by atoms with Gasteiger partial charge in [0.25, 0.3) is 5.91 Å². The Kier molecular flexibility index (Phi) is 5.45. The number of hydrogen-bond acceptors (Lipinski definition) is 7. The van der Waals surface area contributed by atoms with Gasteiger partial charge in [-0.25, -0.2) is 0 Å². The fourth-order valence-electron chi connectivity index (χ4n) is 4.21. The van der Waals surface area contributed by atoms with E-state index in [-0.39, 0.29) is 24.3 Å². The van der Waals surface area contributed by atoms with E-state index in [1.165, 1.54) is 0 Å². The molecule has 2 aliphatic heterocycles. The summed E-state index contributed by atoms with van der Waals surface area (Å²) < 4.78 is 16.3. The Hall–Kier alpha value is -3.88. The molecule has 1 aromatic heterocycles. The molecule has 0 bridgehead atoms. The molecule has 170 valence electrons. The largest absolute Gasteiger partial charge is 0.497 e. The average Bonchev–Trinajstić information content (AvgIpc) is 3.48. The van der Waals surface area contributed by atoms with Gasteiger partial charge in [0.1, 0.15) is 11.5 Å². The van der Waals surface area contributed by atoms with E-state index in [4.69, 9.17) is 14.0 Å². The Balaban J connectivity index is 1.36. The number of nitrogens with zero attached hydrogens (tertiary/aromatic N) is 4. The highest BCUT2D eigenvalue weighted by atomic mass is 16.5. The number of anilines is 2. The van der Waals surface area contributed by atoms with Gasteiger partial charge in [0.2, 0.25) is 17.6 Å². The Morgan fingerprint density at radius 3 is 2.70 bits per heavy atom. The van der Waals surface area contributed by atoms with E-state index in [9.17, 15) is 9.59 Å². The van der Waals surface area contributed by atoms with Gasteiger partial charge in [-0.3, -0.25) is 9.59 Å². The standard InChI is InChI=1S/C24H24N4O5/c1-3-10-27-19-11-15(4-9-20(19)32-14-22(27)30)23-25-24(33-26-23)16-12-21(29)28(13-16)17-5-7-18(31-2)8-6-17/h4-9,11,16H,3,10,12-14H2,1-2H3/t16-/m0/s1. The summed E-state index contributed by atoms with van der Waals surface area (Å²) in [6.45, 7) is 3.14. The summed E-state index contributed by atoms with van der Waals surface area (Å²) in [6.07, 6.45) is 1.13. The zero-order valence-corrected chi connectivity index (χ0v) is 18.5. The van der Waals surface area contributed by atoms with E-state index in [1.807, 2.05) is 49.4 Å². The molecule has 1 atom stereocenters. The topological polar surface area (TPSA) is 98.0 Å². The van der Waals surface area contributed by atoms with Gasteiger partial charge in [0.15, 0.2) is 6.61 Å². The van der Waals surface area contributed by atoms with Crippen molar-refractivity contribution in [2.75, 3.05) is 36.6 Å². The van der Waals surface area contributed by atoms with Crippen molar-refractivity contribution in [1.29, 1.82) is 0 Å². The molecule has 3 aromatic rings. The number of fused-ring (bicyclic) bond motifs is 1. The van der Waals surface area contributed by atoms with Crippen molar-refractivity contribution >= 4 is 23.2 Å². The van der Waals surface area contributed by atoms with Gasteiger partial charge in [-0.2, -0.15) is 4.98 Å². The minimum absolute atomic E-state index is 0.00423. The zero-order chi connectivity index (χ0) is 22.9. The minimum atomic E-state index is -0.194. The van der Waals surface area contributed by atoms with Crippen LogP contribution in [0.15, 0.2) is 47.0 Å². The van der Waals surface area contributed by atoms with Gasteiger partial charge in [-0.05, 0) is 48.9 Å². The first-order chi connectivity index (χ1) is 16.1. The summed E-state index contributed by atoms with van der Waals surface area (Å²) in [7, 11) is 1.61. The molecular formula is C24H24N4O5. The lowest BCUT2D eigenvalue weighted by molar-refractivity contribution is -0.121. The summed E-state index contributed by atoms with van der Waals surface area (Å²) in [5.41, 5.74) is 2.23. The maximum absolute atomic E-state index is 12.6. The summed E-state index contributed by atoms with van der Waals surface area (Å²) in [5, 5.41) is 4.14. The monoisotopic (exact) mass is 448 g/mol. The van der Waals surface area contributed by atoms with Crippen LogP contribution in [0.3, 0.4) is 0 Å². The molecule has 2 aromatic carbocycles. The maximum atomic E-state index is 12.6. The van der Waals surface area contributed by atoms with Crippen molar-refractivity contribution in [3.8, 4) is 22.9 Å². The lowest BCUT2D eigenvalue weighted by Gasteiger charge is -2.29. The normalized spacial score (nSPS) is 17.8. The lowest BCUT2D eigenvalue weighted by Crippen LogP contribution is -2.39. The second kappa shape index (κ2) is 8.57. The molecule has 3 heterocycles. The third-order valence-corrected chi connectivity index (χ3v) is 5.91. The fourth-order valence-corrected chi connectivity index (χ4v) is 4.21. The van der Waals surface area contributed by atoms with Gasteiger partial charge in [0.05, 0.1) is 18.7 Å². The molecule has 1 fully saturated rings. The summed E-state index contributed by atoms with van der Waals surface area (Å²) in [6, 6.07) is 12.9. The Morgan fingerprint density at radius 1 is 1.12 bits per heavy atom. The smallest absolute Gasteiger partial charge is 0.265 e. The number of carbonyl (C=O) groups is 2. The molecule has 2 aliphatic rings. The predicted octanol–water partition coefficient (Wildman–Crippen LogP) is 3.40. The zero-order valence-electron chi connectivity index (χ0n) is 18.5. The number of hydrogen-bond donors (Lipinski definition) is 0. The van der Waals surface area contributed by atoms with Crippen LogP contribution in [0.2, 0.25) is 0 Å². The van der Waals surface area contributed by atoms with Gasteiger partial charge in [0, 0.05) is 30.8 Å². The Bertz CT molecular complexity index is 1190. The third-order valence-electron chi connectivity index (χ3n) is 5.91. The van der Waals surface area contributed by atoms with Crippen molar-refractivity contribution < 1.29 is 23.6 Å². The molecule has 2 amide bonds. The van der Waals surface area contributed by atoms with Crippen molar-refractivity contribution in [2.24, 2.45) is 0 Å². The highest BCUT2D eigenvalue weighted by Gasteiger charge is 2.35. The number of rotatable bonds is 6. The van der Waals surface area contributed by atoms with Crippen molar-refractivity contribution in [1.82, 2.24) is 10.1 Å². The summed E-state index contributed by atoms with van der Waals surface area (Å²) in [4.78, 5) is 32.9. The molecular weight excluding hydrogens is 424 g/mol. The van der Waals surface area contributed by atoms with Crippen LogP contribution in [0, 0.1) is 0 Å². The van der Waals surface area contributed by atoms with Crippen molar-refractivity contribution in [2.45, 2.75) is 25.7 Å². The Morgan fingerprint density at radius 2 is 1.94 bits per heavy atom. The first-order valence-electron chi connectivity index (χ1n) is 10.9. The number of benzene rings is 2. The van der Waals surface area contributed by atoms with Crippen LogP contribution >= 0.6 is 0 Å². The fraction of sp³-hybridized carbons (Fsp3) is 0.333. The predicted molar refractivity (Wildman–Crippen MR) is 121 cm³/mol. The van der Waals surface area contributed by atoms with Crippen molar-refractivity contribution in [3.63, 3.8) is 0 Å². The molecule has 1 saturated heterocycles. The molecule has 0 N–H and O–H groups in total. The van der Waals surface area contributed by atoms with E-state index in [1.54, 1.807) is 16.9 Å². The minimum Gasteiger partial charge on any atom is -0.497 e. The van der Waals surface area contributed by atoms with Gasteiger partial charge >= 0.3 is 0 Å². The molecule has 33 heavy (non-hydrogen) atoms. The van der Waals surface area contributed by atoms with Crippen molar-refractivity contribution in [3.05, 3.63) is 48.4 Å². The summed E-state index contributed by atoms with van der Waals surface area (Å²) in [5.74, 6) is 1.97. The van der Waals surface area contributed by atoms with Crippen LogP contribution in [0.5, 0.6) is 11.5 Å². The molecule has 0 spiro atoms. The van der Waals surface area contributed by atoms with Crippen LogP contribution in [-0.4, -0.2) is 48.8 Å². The van der Waals surface area contributed by atoms with Gasteiger partial charge < -0.3 is 23.8 Å². The van der Waals surface area contributed by atoms with Crippen LogP contribution in [0.1, 0.15) is 31.6 Å². The van der Waals surface area contributed by atoms with Gasteiger partial charge in [-0.1, -0.05) is 12.1 Å². The number of amides is 2.